The molecule has 0 aromatic carbocycles. The fourth-order valence-electron chi connectivity index (χ4n) is 0.965. The topological polar surface area (TPSA) is 179 Å². The van der Waals surface area contributed by atoms with E-state index in [1.54, 1.807) is 0 Å². The molecule has 0 aliphatic rings. The summed E-state index contributed by atoms with van der Waals surface area (Å²) in [6, 6.07) is 0. The van der Waals surface area contributed by atoms with Gasteiger partial charge in [0.05, 0.1) is 6.61 Å². The first-order valence-electron chi connectivity index (χ1n) is 5.52. The molecule has 0 aromatic heterocycles. The molecule has 122 valence electrons. The number of carboxylic acids is 1. The number of phosphoric acid groups is 1. The number of hydrogen-bond acceptors (Lipinski definition) is 10. The lowest BCUT2D eigenvalue weighted by Gasteiger charge is -2.26. The molecule has 0 fully saturated rings. The molecule has 0 amide bonds. The molecule has 0 radical (unpaired) electrons. The second-order valence-electron chi connectivity index (χ2n) is 3.69. The Balaban J connectivity index is 4.49. The Morgan fingerprint density at radius 2 is 1.76 bits per heavy atom. The number of esters is 2. The summed E-state index contributed by atoms with van der Waals surface area (Å²) in [5, 5.41) is 10.3. The van der Waals surface area contributed by atoms with E-state index >= 15 is 0 Å². The Bertz CT molecular complexity index is 438. The van der Waals surface area contributed by atoms with Crippen LogP contribution in [0.5, 0.6) is 0 Å². The first-order valence-corrected chi connectivity index (χ1v) is 6.98. The summed E-state index contributed by atoms with van der Waals surface area (Å²) in [6.45, 7) is 0.979. The quantitative estimate of drug-likeness (QED) is 0.251. The molecule has 12 heteroatoms. The third-order valence-electron chi connectivity index (χ3n) is 1.74. The van der Waals surface area contributed by atoms with Gasteiger partial charge in [-0.15, -0.1) is 0 Å². The highest BCUT2D eigenvalue weighted by atomic mass is 31.2. The third kappa shape index (κ3) is 9.93. The third-order valence-corrected chi connectivity index (χ3v) is 2.72. The van der Waals surface area contributed by atoms with Crippen LogP contribution in [0.2, 0.25) is 0 Å². The van der Waals surface area contributed by atoms with Gasteiger partial charge < -0.3 is 34.5 Å². The van der Waals surface area contributed by atoms with Gasteiger partial charge in [0.2, 0.25) is 6.23 Å². The Morgan fingerprint density at radius 1 is 1.19 bits per heavy atom. The first kappa shape index (κ1) is 19.5. The number of aliphatic carboxylic acids is 1. The lowest BCUT2D eigenvalue weighted by atomic mass is 10.4. The summed E-state index contributed by atoms with van der Waals surface area (Å²) in [4.78, 5) is 43.0. The number of carbonyl (C=O) groups is 3. The Kier molecular flexibility index (Phi) is 8.07. The van der Waals surface area contributed by atoms with Crippen molar-refractivity contribution < 1.29 is 53.2 Å². The van der Waals surface area contributed by atoms with Gasteiger partial charge in [0.15, 0.2) is 6.10 Å². The average Bonchev–Trinajstić information content (AvgIpc) is 2.31. The van der Waals surface area contributed by atoms with E-state index in [9.17, 15) is 28.9 Å². The van der Waals surface area contributed by atoms with Gasteiger partial charge in [0.1, 0.15) is 12.6 Å². The van der Waals surface area contributed by atoms with E-state index in [4.69, 9.17) is 0 Å². The van der Waals surface area contributed by atoms with E-state index in [0.717, 1.165) is 13.8 Å². The summed E-state index contributed by atoms with van der Waals surface area (Å²) < 4.78 is 28.8. The molecule has 0 spiro atoms. The van der Waals surface area contributed by atoms with E-state index in [0.29, 0.717) is 0 Å². The van der Waals surface area contributed by atoms with Crippen molar-refractivity contribution in [1.82, 2.24) is 0 Å². The number of phosphoric ester groups is 1. The van der Waals surface area contributed by atoms with E-state index < -0.39 is 51.3 Å². The van der Waals surface area contributed by atoms with Crippen LogP contribution in [0.3, 0.4) is 0 Å². The van der Waals surface area contributed by atoms with Crippen LogP contribution in [0.15, 0.2) is 0 Å². The Labute approximate surface area is 119 Å². The molecular weight excluding hydrogens is 313 g/mol. The summed E-state index contributed by atoms with van der Waals surface area (Å²) in [6.07, 6.45) is -3.20. The van der Waals surface area contributed by atoms with Crippen LogP contribution < -0.4 is 15.7 Å². The van der Waals surface area contributed by atoms with Crippen molar-refractivity contribution in [2.24, 2.45) is 0 Å². The molecule has 0 aromatic rings. The normalized spacial score (nSPS) is 16.4. The molecule has 0 rings (SSSR count). The van der Waals surface area contributed by atoms with Gasteiger partial charge in [0, 0.05) is 13.8 Å². The van der Waals surface area contributed by atoms with Crippen LogP contribution in [0, 0.1) is 0 Å². The fourth-order valence-corrected chi connectivity index (χ4v) is 1.77. The molecule has 0 heterocycles. The van der Waals surface area contributed by atoms with Crippen molar-refractivity contribution in [3.8, 4) is 0 Å². The zero-order chi connectivity index (χ0) is 16.6. The summed E-state index contributed by atoms with van der Waals surface area (Å²) >= 11 is 0. The number of carbonyl (C=O) groups excluding carboxylic acids is 3. The summed E-state index contributed by atoms with van der Waals surface area (Å²) in [7, 11) is -5.01. The lowest BCUT2D eigenvalue weighted by molar-refractivity contribution is -0.487. The number of hydrogen-bond donors (Lipinski definition) is 1. The van der Waals surface area contributed by atoms with Crippen molar-refractivity contribution in [1.29, 1.82) is 0 Å². The molecule has 0 saturated carbocycles. The molecule has 3 N–H and O–H groups in total. The molecule has 0 aliphatic heterocycles. The summed E-state index contributed by atoms with van der Waals surface area (Å²) in [5.74, 6) is -3.29. The van der Waals surface area contributed by atoms with Crippen molar-refractivity contribution in [3.05, 3.63) is 0 Å². The molecule has 21 heavy (non-hydrogen) atoms. The van der Waals surface area contributed by atoms with Crippen molar-refractivity contribution >= 4 is 25.7 Å². The van der Waals surface area contributed by atoms with Gasteiger partial charge in [-0.25, -0.2) is 0 Å². The van der Waals surface area contributed by atoms with Crippen LogP contribution >= 0.6 is 7.82 Å². The maximum Gasteiger partial charge on any atom is 0.303 e. The molecule has 0 saturated heterocycles. The summed E-state index contributed by atoms with van der Waals surface area (Å²) in [5.41, 5.74) is 2.87. The second kappa shape index (κ2) is 8.70. The van der Waals surface area contributed by atoms with Crippen LogP contribution in [0.25, 0.3) is 0 Å². The minimum atomic E-state index is -5.01. The van der Waals surface area contributed by atoms with Crippen molar-refractivity contribution in [2.45, 2.75) is 26.2 Å². The Morgan fingerprint density at radius 3 is 2.19 bits per heavy atom. The molecule has 3 atom stereocenters. The van der Waals surface area contributed by atoms with E-state index in [2.05, 4.69) is 24.3 Å². The molecule has 11 nitrogen and oxygen atoms in total. The average molecular weight is 328 g/mol. The highest BCUT2D eigenvalue weighted by molar-refractivity contribution is 7.45. The van der Waals surface area contributed by atoms with E-state index in [1.807, 2.05) is 0 Å². The van der Waals surface area contributed by atoms with Gasteiger partial charge in [-0.3, -0.25) is 18.7 Å². The smallest absolute Gasteiger partial charge is 0.303 e. The van der Waals surface area contributed by atoms with Crippen LogP contribution in [-0.2, 0) is 37.5 Å². The van der Waals surface area contributed by atoms with Crippen LogP contribution in [0.4, 0.5) is 0 Å². The number of carboxylic acid groups (broad SMARTS) is 1. The minimum Gasteiger partial charge on any atom is -0.756 e. The van der Waals surface area contributed by atoms with Gasteiger partial charge in [-0.1, -0.05) is 0 Å². The first-order chi connectivity index (χ1) is 9.53. The molecular formula is C9H15NO10P-. The van der Waals surface area contributed by atoms with Gasteiger partial charge >= 0.3 is 11.9 Å². The maximum absolute atomic E-state index is 11.3. The molecule has 0 bridgehead atoms. The van der Waals surface area contributed by atoms with E-state index in [1.165, 1.54) is 0 Å². The van der Waals surface area contributed by atoms with Crippen molar-refractivity contribution in [3.63, 3.8) is 0 Å². The Hall–Kier alpha value is -1.52. The zero-order valence-electron chi connectivity index (χ0n) is 11.3. The number of ether oxygens (including phenoxy) is 2. The predicted molar refractivity (Wildman–Crippen MR) is 58.5 cm³/mol. The standard InChI is InChI=1S/C9H16NO10P/c1-5(11)17-3-7(19-6(2)12)4-18-21(15,16)20-8(10)9(13)14/h7-8H,3-4,10H2,1-2H3,(H,13,14)(H,15,16)/p-1/t7-,8+/m1/s1. The largest absolute Gasteiger partial charge is 0.756 e. The number of quaternary nitrogens is 1. The van der Waals surface area contributed by atoms with E-state index in [-0.39, 0.29) is 0 Å². The van der Waals surface area contributed by atoms with Gasteiger partial charge in [-0.05, 0) is 0 Å². The fraction of sp³-hybridized carbons (Fsp3) is 0.667. The van der Waals surface area contributed by atoms with Crippen LogP contribution in [0.1, 0.15) is 13.8 Å². The monoisotopic (exact) mass is 328 g/mol. The van der Waals surface area contributed by atoms with Gasteiger partial charge in [0.25, 0.3) is 7.82 Å². The molecule has 0 aliphatic carbocycles. The van der Waals surface area contributed by atoms with Crippen molar-refractivity contribution in [2.75, 3.05) is 13.2 Å². The maximum atomic E-state index is 11.3. The lowest BCUT2D eigenvalue weighted by Crippen LogP contribution is -2.69. The molecule has 1 unspecified atom stereocenters. The highest BCUT2D eigenvalue weighted by Crippen LogP contribution is 2.38. The number of rotatable bonds is 9. The predicted octanol–water partition coefficient (Wildman–Crippen LogP) is -3.70. The minimum absolute atomic E-state index is 0.441. The SMILES string of the molecule is CC(=O)OC[C@H](COP(=O)([O-])O[C@H]([NH3+])C(=O)[O-])OC(C)=O. The zero-order valence-corrected chi connectivity index (χ0v) is 12.2. The second-order valence-corrected chi connectivity index (χ2v) is 5.05. The highest BCUT2D eigenvalue weighted by Gasteiger charge is 2.22. The van der Waals surface area contributed by atoms with Gasteiger partial charge in [-0.2, -0.15) is 0 Å². The van der Waals surface area contributed by atoms with Crippen LogP contribution in [-0.4, -0.2) is 43.5 Å².